The number of piperidine rings is 1. The van der Waals surface area contributed by atoms with Crippen LogP contribution in [-0.4, -0.2) is 93.0 Å². The van der Waals surface area contributed by atoms with Gasteiger partial charge in [0.1, 0.15) is 11.4 Å². The maximum atomic E-state index is 14.5. The Morgan fingerprint density at radius 1 is 1.04 bits per heavy atom. The minimum atomic E-state index is -4.69. The lowest BCUT2D eigenvalue weighted by atomic mass is 9.92. The lowest BCUT2D eigenvalue weighted by molar-refractivity contribution is -0.146. The monoisotopic (exact) mass is 714 g/mol. The number of amides is 2. The van der Waals surface area contributed by atoms with Crippen molar-refractivity contribution < 1.29 is 37.0 Å². The molecule has 1 aliphatic carbocycles. The quantitative estimate of drug-likeness (QED) is 0.255. The summed E-state index contributed by atoms with van der Waals surface area (Å²) in [5.41, 5.74) is 4.41. The van der Waals surface area contributed by atoms with Crippen LogP contribution in [0.1, 0.15) is 69.2 Å². The Labute approximate surface area is 297 Å². The molecular weight excluding hydrogens is 665 g/mol. The van der Waals surface area contributed by atoms with Crippen LogP contribution in [0.3, 0.4) is 0 Å². The average molecular weight is 715 g/mol. The van der Waals surface area contributed by atoms with Crippen LogP contribution >= 0.6 is 0 Å². The molecule has 2 aromatic rings. The first-order valence-electron chi connectivity index (χ1n) is 17.4. The molecule has 4 N–H and O–H groups in total. The molecule has 2 heterocycles. The first kappa shape index (κ1) is 37.8. The molecule has 11 nitrogen and oxygen atoms in total. The maximum absolute atomic E-state index is 14.5. The first-order chi connectivity index (χ1) is 24.2. The van der Waals surface area contributed by atoms with Crippen molar-refractivity contribution >= 4 is 29.3 Å². The Morgan fingerprint density at radius 3 is 2.31 bits per heavy atom. The number of anilines is 1. The molecule has 2 aliphatic heterocycles. The van der Waals surface area contributed by atoms with Crippen LogP contribution in [0.25, 0.3) is 5.57 Å². The number of ether oxygens (including phenoxy) is 3. The van der Waals surface area contributed by atoms with Gasteiger partial charge in [0, 0.05) is 63.3 Å². The van der Waals surface area contributed by atoms with Gasteiger partial charge in [0.15, 0.2) is 17.1 Å². The number of methoxy groups -OCH3 is 2. The molecule has 2 aromatic carbocycles. The van der Waals surface area contributed by atoms with E-state index in [1.165, 1.54) is 26.4 Å². The number of nitrogens with two attached hydrogens (primary N) is 1. The van der Waals surface area contributed by atoms with E-state index < -0.39 is 29.3 Å². The van der Waals surface area contributed by atoms with Crippen molar-refractivity contribution in [2.24, 2.45) is 11.7 Å². The fourth-order valence-electron chi connectivity index (χ4n) is 7.20. The summed E-state index contributed by atoms with van der Waals surface area (Å²) in [5.74, 6) is 0.350. The van der Waals surface area contributed by atoms with Gasteiger partial charge in [0.25, 0.3) is 5.91 Å². The number of nitrogens with zero attached hydrogens (tertiary/aromatic N) is 3. The minimum absolute atomic E-state index is 0.00770. The van der Waals surface area contributed by atoms with Crippen molar-refractivity contribution in [3.63, 3.8) is 0 Å². The van der Waals surface area contributed by atoms with E-state index in [4.69, 9.17) is 25.4 Å². The Morgan fingerprint density at radius 2 is 1.73 bits per heavy atom. The molecule has 3 fully saturated rings. The topological polar surface area (TPSA) is 133 Å². The predicted molar refractivity (Wildman–Crippen MR) is 189 cm³/mol. The Balaban J connectivity index is 1.43. The van der Waals surface area contributed by atoms with Crippen molar-refractivity contribution in [1.29, 1.82) is 5.41 Å². The van der Waals surface area contributed by atoms with E-state index in [0.29, 0.717) is 81.3 Å². The van der Waals surface area contributed by atoms with Gasteiger partial charge in [-0.25, -0.2) is 0 Å². The zero-order valence-electron chi connectivity index (χ0n) is 29.9. The minimum Gasteiger partial charge on any atom is -0.494 e. The van der Waals surface area contributed by atoms with Crippen molar-refractivity contribution in [1.82, 2.24) is 15.1 Å². The van der Waals surface area contributed by atoms with E-state index in [9.17, 15) is 22.8 Å². The molecule has 2 atom stereocenters. The highest BCUT2D eigenvalue weighted by atomic mass is 19.4. The molecule has 2 saturated heterocycles. The second-order valence-corrected chi connectivity index (χ2v) is 13.8. The molecule has 14 heteroatoms. The number of alkyl halides is 3. The van der Waals surface area contributed by atoms with Crippen LogP contribution < -0.4 is 30.2 Å². The number of hydrogen-bond donors (Lipinski definition) is 3. The lowest BCUT2D eigenvalue weighted by Gasteiger charge is -2.40. The zero-order chi connectivity index (χ0) is 37.1. The number of hydrogen-bond acceptors (Lipinski definition) is 9. The fraction of sp³-hybridized carbons (Fsp3) is 0.541. The molecule has 278 valence electrons. The second kappa shape index (κ2) is 15.4. The standard InChI is InChI=1S/C37H49F3N6O5/c1-23(28-11-8-24(26(20-41)21-42)19-29(28)37(38,39)40)46(27-9-10-27)34(47)25-7-6-16-45(22-25)32-30(49-4)12-13-31(33(32)50-5)51-36(2,3)35(48)44-17-14-43-15-18-44/h8,11-13,19-21,23,25,27,41,43H,6-7,9-10,14-18,22,42H2,1-5H3/b26-21+,41-20?/t23?,25-/m1/s1. The molecule has 0 radical (unpaired) electrons. The summed E-state index contributed by atoms with van der Waals surface area (Å²) in [6.45, 7) is 8.53. The lowest BCUT2D eigenvalue weighted by Crippen LogP contribution is -2.54. The number of carbonyl (C=O) groups excluding carboxylic acids is 2. The molecule has 1 unspecified atom stereocenters. The summed E-state index contributed by atoms with van der Waals surface area (Å²) in [5, 5.41) is 10.8. The predicted octanol–water partition coefficient (Wildman–Crippen LogP) is 5.23. The van der Waals surface area contributed by atoms with Gasteiger partial charge < -0.3 is 45.4 Å². The van der Waals surface area contributed by atoms with Crippen molar-refractivity contribution in [2.45, 2.75) is 70.3 Å². The summed E-state index contributed by atoms with van der Waals surface area (Å²) in [4.78, 5) is 33.3. The van der Waals surface area contributed by atoms with E-state index in [0.717, 1.165) is 18.5 Å². The van der Waals surface area contributed by atoms with Crippen LogP contribution in [0.15, 0.2) is 36.5 Å². The van der Waals surface area contributed by atoms with Crippen LogP contribution in [0, 0.1) is 11.3 Å². The SMILES string of the molecule is COc1ccc(OC(C)(C)C(=O)N2CCNCC2)c(OC)c1N1CCC[C@@H](C(=O)N(C2CC2)C(C)c2ccc(/C(C=N)=C/N)cc2C(F)(F)F)C1. The molecule has 3 aliphatic rings. The summed E-state index contributed by atoms with van der Waals surface area (Å²) >= 11 is 0. The number of halogens is 3. The second-order valence-electron chi connectivity index (χ2n) is 13.8. The largest absolute Gasteiger partial charge is 0.494 e. The highest BCUT2D eigenvalue weighted by Crippen LogP contribution is 2.48. The van der Waals surface area contributed by atoms with E-state index >= 15 is 0 Å². The number of piperazine rings is 1. The van der Waals surface area contributed by atoms with Gasteiger partial charge in [-0.3, -0.25) is 9.59 Å². The summed E-state index contributed by atoms with van der Waals surface area (Å²) in [7, 11) is 3.05. The van der Waals surface area contributed by atoms with Gasteiger partial charge in [-0.2, -0.15) is 13.2 Å². The molecule has 0 bridgehead atoms. The normalized spacial score (nSPS) is 19.3. The van der Waals surface area contributed by atoms with Gasteiger partial charge >= 0.3 is 6.18 Å². The zero-order valence-corrected chi connectivity index (χ0v) is 29.9. The van der Waals surface area contributed by atoms with Crippen LogP contribution in [0.4, 0.5) is 18.9 Å². The van der Waals surface area contributed by atoms with E-state index in [2.05, 4.69) is 5.32 Å². The Kier molecular flexibility index (Phi) is 11.4. The summed E-state index contributed by atoms with van der Waals surface area (Å²) in [6, 6.07) is 6.33. The number of allylic oxidation sites excluding steroid dienone is 1. The van der Waals surface area contributed by atoms with Gasteiger partial charge in [0.2, 0.25) is 5.91 Å². The Hall–Kier alpha value is -4.46. The third kappa shape index (κ3) is 8.05. The number of carbonyl (C=O) groups is 2. The number of benzene rings is 2. The smallest absolute Gasteiger partial charge is 0.416 e. The van der Waals surface area contributed by atoms with Gasteiger partial charge in [-0.15, -0.1) is 0 Å². The third-order valence-corrected chi connectivity index (χ3v) is 9.94. The van der Waals surface area contributed by atoms with Crippen molar-refractivity contribution in [2.75, 3.05) is 58.4 Å². The Bertz CT molecular complexity index is 1640. The van der Waals surface area contributed by atoms with E-state index in [-0.39, 0.29) is 41.1 Å². The van der Waals surface area contributed by atoms with Crippen molar-refractivity contribution in [3.05, 3.63) is 53.2 Å². The van der Waals surface area contributed by atoms with Crippen LogP contribution in [0.5, 0.6) is 17.2 Å². The molecule has 5 rings (SSSR count). The van der Waals surface area contributed by atoms with Gasteiger partial charge in [-0.05, 0) is 75.8 Å². The number of rotatable bonds is 12. The molecule has 2 amide bonds. The first-order valence-corrected chi connectivity index (χ1v) is 17.4. The fourth-order valence-corrected chi connectivity index (χ4v) is 7.20. The van der Waals surface area contributed by atoms with Crippen LogP contribution in [0.2, 0.25) is 0 Å². The average Bonchev–Trinajstić information content (AvgIpc) is 3.96. The highest BCUT2D eigenvalue weighted by Gasteiger charge is 2.44. The molecule has 0 spiro atoms. The van der Waals surface area contributed by atoms with E-state index in [1.54, 1.807) is 42.7 Å². The molecule has 51 heavy (non-hydrogen) atoms. The third-order valence-electron chi connectivity index (χ3n) is 9.94. The summed E-state index contributed by atoms with van der Waals surface area (Å²) in [6.07, 6.45) is -0.0486. The number of nitrogens with one attached hydrogen (secondary N) is 2. The van der Waals surface area contributed by atoms with Crippen molar-refractivity contribution in [3.8, 4) is 17.2 Å². The van der Waals surface area contributed by atoms with Crippen LogP contribution in [-0.2, 0) is 15.8 Å². The van der Waals surface area contributed by atoms with E-state index in [1.807, 2.05) is 4.90 Å². The molecule has 0 aromatic heterocycles. The highest BCUT2D eigenvalue weighted by molar-refractivity contribution is 6.08. The molecule has 1 saturated carbocycles. The summed E-state index contributed by atoms with van der Waals surface area (Å²) < 4.78 is 61.5. The molecular formula is C37H49F3N6O5. The van der Waals surface area contributed by atoms with Gasteiger partial charge in [-0.1, -0.05) is 12.1 Å². The van der Waals surface area contributed by atoms with Gasteiger partial charge in [0.05, 0.1) is 31.7 Å². The maximum Gasteiger partial charge on any atom is 0.416 e.